The van der Waals surface area contributed by atoms with E-state index < -0.39 is 17.7 Å². The van der Waals surface area contributed by atoms with Crippen LogP contribution in [0.15, 0.2) is 53.3 Å². The SMILES string of the molecule is O=C(Oc1ccc2ocnc2c1)c1ccc(C(F)(F)F)cc1. The number of benzene rings is 2. The summed E-state index contributed by atoms with van der Waals surface area (Å²) in [6.07, 6.45) is -3.19. The zero-order valence-corrected chi connectivity index (χ0v) is 10.9. The molecule has 0 aliphatic rings. The lowest BCUT2D eigenvalue weighted by atomic mass is 10.1. The van der Waals surface area contributed by atoms with Gasteiger partial charge in [0, 0.05) is 6.07 Å². The molecule has 22 heavy (non-hydrogen) atoms. The Morgan fingerprint density at radius 1 is 1.09 bits per heavy atom. The van der Waals surface area contributed by atoms with Crippen molar-refractivity contribution in [1.82, 2.24) is 4.98 Å². The zero-order valence-electron chi connectivity index (χ0n) is 10.9. The number of carbonyl (C=O) groups is 1. The number of alkyl halides is 3. The highest BCUT2D eigenvalue weighted by atomic mass is 19.4. The van der Waals surface area contributed by atoms with E-state index >= 15 is 0 Å². The van der Waals surface area contributed by atoms with Crippen molar-refractivity contribution in [1.29, 1.82) is 0 Å². The molecule has 0 N–H and O–H groups in total. The van der Waals surface area contributed by atoms with E-state index in [1.807, 2.05) is 0 Å². The zero-order chi connectivity index (χ0) is 15.7. The number of nitrogens with zero attached hydrogens (tertiary/aromatic N) is 1. The average molecular weight is 307 g/mol. The molecule has 3 aromatic rings. The standard InChI is InChI=1S/C15H8F3NO3/c16-15(17,18)10-3-1-9(2-4-10)14(20)22-11-5-6-13-12(7-11)19-8-21-13/h1-8H. The van der Waals surface area contributed by atoms with Crippen molar-refractivity contribution in [2.75, 3.05) is 0 Å². The number of rotatable bonds is 2. The summed E-state index contributed by atoms with van der Waals surface area (Å²) in [6.45, 7) is 0. The van der Waals surface area contributed by atoms with Crippen molar-refractivity contribution in [3.8, 4) is 5.75 Å². The number of fused-ring (bicyclic) bond motifs is 1. The van der Waals surface area contributed by atoms with Gasteiger partial charge in [0.25, 0.3) is 0 Å². The van der Waals surface area contributed by atoms with Crippen LogP contribution in [-0.4, -0.2) is 11.0 Å². The molecular formula is C15H8F3NO3. The summed E-state index contributed by atoms with van der Waals surface area (Å²) < 4.78 is 47.5. The first kappa shape index (κ1) is 14.1. The van der Waals surface area contributed by atoms with Crippen LogP contribution in [-0.2, 0) is 6.18 Å². The summed E-state index contributed by atoms with van der Waals surface area (Å²) in [5.41, 5.74) is 0.244. The van der Waals surface area contributed by atoms with Gasteiger partial charge in [-0.25, -0.2) is 9.78 Å². The van der Waals surface area contributed by atoms with Crippen molar-refractivity contribution in [2.24, 2.45) is 0 Å². The van der Waals surface area contributed by atoms with Crippen LogP contribution in [0.4, 0.5) is 13.2 Å². The smallest absolute Gasteiger partial charge is 0.416 e. The van der Waals surface area contributed by atoms with Crippen LogP contribution in [0.2, 0.25) is 0 Å². The Kier molecular flexibility index (Phi) is 3.32. The van der Waals surface area contributed by atoms with Gasteiger partial charge in [-0.3, -0.25) is 0 Å². The monoisotopic (exact) mass is 307 g/mol. The maximum Gasteiger partial charge on any atom is 0.416 e. The number of ether oxygens (including phenoxy) is 1. The molecule has 0 saturated carbocycles. The fraction of sp³-hybridized carbons (Fsp3) is 0.0667. The number of oxazole rings is 1. The van der Waals surface area contributed by atoms with Crippen molar-refractivity contribution in [3.05, 3.63) is 60.0 Å². The maximum absolute atomic E-state index is 12.5. The predicted octanol–water partition coefficient (Wildman–Crippen LogP) is 4.07. The highest BCUT2D eigenvalue weighted by Gasteiger charge is 2.30. The fourth-order valence-electron chi connectivity index (χ4n) is 1.86. The van der Waals surface area contributed by atoms with Crippen LogP contribution in [0.25, 0.3) is 11.1 Å². The van der Waals surface area contributed by atoms with Crippen molar-refractivity contribution in [2.45, 2.75) is 6.18 Å². The molecule has 112 valence electrons. The Morgan fingerprint density at radius 2 is 1.82 bits per heavy atom. The Balaban J connectivity index is 1.78. The van der Waals surface area contributed by atoms with Crippen LogP contribution >= 0.6 is 0 Å². The molecule has 0 amide bonds. The molecule has 2 aromatic carbocycles. The minimum Gasteiger partial charge on any atom is -0.443 e. The van der Waals surface area contributed by atoms with E-state index in [0.717, 1.165) is 24.3 Å². The van der Waals surface area contributed by atoms with Crippen molar-refractivity contribution < 1.29 is 27.1 Å². The Hall–Kier alpha value is -2.83. The first-order valence-electron chi connectivity index (χ1n) is 6.16. The molecule has 1 heterocycles. The van der Waals surface area contributed by atoms with Crippen molar-refractivity contribution in [3.63, 3.8) is 0 Å². The van der Waals surface area contributed by atoms with Gasteiger partial charge in [0.05, 0.1) is 11.1 Å². The van der Waals surface area contributed by atoms with Crippen LogP contribution in [0.3, 0.4) is 0 Å². The lowest BCUT2D eigenvalue weighted by molar-refractivity contribution is -0.137. The Bertz CT molecular complexity index is 822. The van der Waals surface area contributed by atoms with Gasteiger partial charge in [-0.05, 0) is 36.4 Å². The second-order valence-corrected chi connectivity index (χ2v) is 4.45. The van der Waals surface area contributed by atoms with E-state index in [2.05, 4.69) is 4.98 Å². The molecule has 0 radical (unpaired) electrons. The molecule has 0 atom stereocenters. The summed E-state index contributed by atoms with van der Waals surface area (Å²) in [5.74, 6) is -0.525. The van der Waals surface area contributed by atoms with Crippen LogP contribution in [0.1, 0.15) is 15.9 Å². The summed E-state index contributed by atoms with van der Waals surface area (Å²) >= 11 is 0. The van der Waals surface area contributed by atoms with Crippen LogP contribution in [0, 0.1) is 0 Å². The fourth-order valence-corrected chi connectivity index (χ4v) is 1.86. The predicted molar refractivity (Wildman–Crippen MR) is 70.4 cm³/mol. The van der Waals surface area contributed by atoms with Gasteiger partial charge in [0.15, 0.2) is 12.0 Å². The molecule has 1 aromatic heterocycles. The molecular weight excluding hydrogens is 299 g/mol. The first-order chi connectivity index (χ1) is 10.4. The minimum atomic E-state index is -4.44. The third-order valence-electron chi connectivity index (χ3n) is 2.96. The molecule has 0 unspecified atom stereocenters. The van der Waals surface area contributed by atoms with E-state index in [1.165, 1.54) is 18.5 Å². The number of esters is 1. The van der Waals surface area contributed by atoms with E-state index in [0.29, 0.717) is 11.1 Å². The number of aromatic nitrogens is 1. The van der Waals surface area contributed by atoms with E-state index in [9.17, 15) is 18.0 Å². The molecule has 0 fully saturated rings. The lowest BCUT2D eigenvalue weighted by Gasteiger charge is -2.07. The topological polar surface area (TPSA) is 52.3 Å². The Morgan fingerprint density at radius 3 is 2.50 bits per heavy atom. The van der Waals surface area contributed by atoms with Gasteiger partial charge < -0.3 is 9.15 Å². The van der Waals surface area contributed by atoms with Crippen molar-refractivity contribution >= 4 is 17.1 Å². The van der Waals surface area contributed by atoms with E-state index in [4.69, 9.17) is 9.15 Å². The third kappa shape index (κ3) is 2.78. The summed E-state index contributed by atoms with van der Waals surface area (Å²) in [5, 5.41) is 0. The second kappa shape index (κ2) is 5.18. The van der Waals surface area contributed by atoms with E-state index in [-0.39, 0.29) is 11.3 Å². The molecule has 3 rings (SSSR count). The summed E-state index contributed by atoms with van der Waals surface area (Å²) in [6, 6.07) is 8.39. The van der Waals surface area contributed by atoms with Gasteiger partial charge in [0.1, 0.15) is 11.3 Å². The summed E-state index contributed by atoms with van der Waals surface area (Å²) in [7, 11) is 0. The van der Waals surface area contributed by atoms with Gasteiger partial charge in [0.2, 0.25) is 0 Å². The molecule has 4 nitrogen and oxygen atoms in total. The first-order valence-corrected chi connectivity index (χ1v) is 6.16. The van der Waals surface area contributed by atoms with Gasteiger partial charge in [-0.1, -0.05) is 0 Å². The highest BCUT2D eigenvalue weighted by molar-refractivity contribution is 5.91. The summed E-state index contributed by atoms with van der Waals surface area (Å²) in [4.78, 5) is 15.8. The molecule has 0 aliphatic carbocycles. The van der Waals surface area contributed by atoms with Crippen LogP contribution < -0.4 is 4.74 Å². The van der Waals surface area contributed by atoms with Crippen LogP contribution in [0.5, 0.6) is 5.75 Å². The normalized spacial score (nSPS) is 11.6. The lowest BCUT2D eigenvalue weighted by Crippen LogP contribution is -2.10. The third-order valence-corrected chi connectivity index (χ3v) is 2.96. The number of hydrogen-bond acceptors (Lipinski definition) is 4. The minimum absolute atomic E-state index is 0.0215. The highest BCUT2D eigenvalue weighted by Crippen LogP contribution is 2.29. The van der Waals surface area contributed by atoms with Gasteiger partial charge >= 0.3 is 12.1 Å². The maximum atomic E-state index is 12.5. The number of halogens is 3. The molecule has 0 saturated heterocycles. The molecule has 0 spiro atoms. The van der Waals surface area contributed by atoms with E-state index in [1.54, 1.807) is 6.07 Å². The van der Waals surface area contributed by atoms with Gasteiger partial charge in [-0.2, -0.15) is 13.2 Å². The quantitative estimate of drug-likeness (QED) is 0.529. The largest absolute Gasteiger partial charge is 0.443 e. The molecule has 0 bridgehead atoms. The molecule has 0 aliphatic heterocycles. The molecule has 7 heteroatoms. The second-order valence-electron chi connectivity index (χ2n) is 4.45. The number of hydrogen-bond donors (Lipinski definition) is 0. The van der Waals surface area contributed by atoms with Gasteiger partial charge in [-0.15, -0.1) is 0 Å². The number of carbonyl (C=O) groups excluding carboxylic acids is 1. The Labute approximate surface area is 122 Å². The average Bonchev–Trinajstić information content (AvgIpc) is 2.94.